The zero-order chi connectivity index (χ0) is 28.8. The van der Waals surface area contributed by atoms with Gasteiger partial charge in [-0.05, 0) is 62.9 Å². The molecule has 216 valence electrons. The highest BCUT2D eigenvalue weighted by atomic mass is 19.2. The number of likely N-dealkylation sites (tertiary alicyclic amines) is 1. The van der Waals surface area contributed by atoms with Crippen LogP contribution in [-0.2, 0) is 4.79 Å². The number of piperidine rings is 1. The topological polar surface area (TPSA) is 144 Å². The zero-order valence-electron chi connectivity index (χ0n) is 22.4. The van der Waals surface area contributed by atoms with Gasteiger partial charge in [0.05, 0.1) is 18.3 Å². The van der Waals surface area contributed by atoms with Crippen LogP contribution in [0.1, 0.15) is 37.3 Å². The number of nitrogens with zero attached hydrogens (tertiary/aromatic N) is 6. The summed E-state index contributed by atoms with van der Waals surface area (Å²) in [6.07, 6.45) is 6.83. The summed E-state index contributed by atoms with van der Waals surface area (Å²) in [6.45, 7) is 3.94. The van der Waals surface area contributed by atoms with Gasteiger partial charge in [0.2, 0.25) is 5.91 Å². The summed E-state index contributed by atoms with van der Waals surface area (Å²) in [5.41, 5.74) is 5.88. The molecule has 1 saturated heterocycles. The number of hydrogen-bond donors (Lipinski definition) is 3. The average Bonchev–Trinajstić information content (AvgIpc) is 3.42. The molecule has 1 unspecified atom stereocenters. The minimum atomic E-state index is -1.39. The van der Waals surface area contributed by atoms with Crippen molar-refractivity contribution in [2.45, 2.75) is 31.7 Å². The first-order valence-corrected chi connectivity index (χ1v) is 13.6. The maximum atomic E-state index is 14.4. The molecule has 1 atom stereocenters. The molecule has 0 radical (unpaired) electrons. The number of aromatic nitrogens is 5. The van der Waals surface area contributed by atoms with E-state index in [0.29, 0.717) is 35.0 Å². The van der Waals surface area contributed by atoms with Crippen molar-refractivity contribution in [3.63, 3.8) is 0 Å². The van der Waals surface area contributed by atoms with Gasteiger partial charge in [-0.2, -0.15) is 0 Å². The molecule has 0 aliphatic carbocycles. The Hall–Kier alpha value is -4.23. The molecule has 5 rings (SSSR count). The molecular weight excluding hydrogens is 534 g/mol. The summed E-state index contributed by atoms with van der Waals surface area (Å²) in [5, 5.41) is 20.7. The molecule has 41 heavy (non-hydrogen) atoms. The Morgan fingerprint density at radius 1 is 1.20 bits per heavy atom. The molecule has 4 aromatic rings. The van der Waals surface area contributed by atoms with E-state index in [-0.39, 0.29) is 18.0 Å². The summed E-state index contributed by atoms with van der Waals surface area (Å²) in [5.74, 6) is -1.22. The molecule has 0 saturated carbocycles. The molecule has 4 N–H and O–H groups in total. The van der Waals surface area contributed by atoms with Crippen LogP contribution >= 0.6 is 0 Å². The van der Waals surface area contributed by atoms with Gasteiger partial charge in [0.25, 0.3) is 0 Å². The molecule has 2 aromatic heterocycles. The normalized spacial score (nSPS) is 15.2. The van der Waals surface area contributed by atoms with Crippen molar-refractivity contribution in [2.24, 2.45) is 11.7 Å². The fourth-order valence-electron chi connectivity index (χ4n) is 5.13. The highest BCUT2D eigenvalue weighted by molar-refractivity contribution is 5.91. The first-order valence-electron chi connectivity index (χ1n) is 13.6. The summed E-state index contributed by atoms with van der Waals surface area (Å²) < 4.78 is 35.2. The van der Waals surface area contributed by atoms with Crippen LogP contribution < -0.4 is 15.8 Å². The quantitative estimate of drug-likeness (QED) is 0.220. The Bertz CT molecular complexity index is 1490. The molecule has 13 heteroatoms. The van der Waals surface area contributed by atoms with E-state index >= 15 is 0 Å². The second-order valence-electron chi connectivity index (χ2n) is 10.1. The van der Waals surface area contributed by atoms with E-state index in [0.717, 1.165) is 56.1 Å². The Labute approximate surface area is 235 Å². The Balaban J connectivity index is 1.21. The maximum absolute atomic E-state index is 14.4. The monoisotopic (exact) mass is 566 g/mol. The maximum Gasteiger partial charge on any atom is 0.247 e. The van der Waals surface area contributed by atoms with Gasteiger partial charge >= 0.3 is 0 Å². The predicted octanol–water partition coefficient (Wildman–Crippen LogP) is 3.18. The van der Waals surface area contributed by atoms with Gasteiger partial charge in [0, 0.05) is 30.2 Å². The third-order valence-electron chi connectivity index (χ3n) is 7.31. The first kappa shape index (κ1) is 28.3. The molecular formula is C28H32F2N8O3. The lowest BCUT2D eigenvalue weighted by Crippen LogP contribution is -2.35. The van der Waals surface area contributed by atoms with Gasteiger partial charge < -0.3 is 25.8 Å². The molecule has 2 aromatic carbocycles. The Morgan fingerprint density at radius 2 is 2.02 bits per heavy atom. The van der Waals surface area contributed by atoms with Crippen LogP contribution in [0.5, 0.6) is 5.75 Å². The standard InChI is InChI=1S/C28H32F2N8O3/c29-22-4-1-3-21(25(22)30)26(27(31)40)38-16-24(35-36-38)34-28-20-6-5-19(15-23(20)32-17-33-28)41-14-2-10-37-11-7-18(8-12-37)9-13-39/h1,3-6,15-18,26,39H,2,7-14H2,(H2,31,40)(H,32,33,34). The van der Waals surface area contributed by atoms with Crippen molar-refractivity contribution < 1.29 is 23.4 Å². The minimum absolute atomic E-state index is 0.216. The Kier molecular flexibility index (Phi) is 8.95. The molecule has 3 heterocycles. The lowest BCUT2D eigenvalue weighted by molar-refractivity contribution is -0.120. The number of nitrogens with one attached hydrogen (secondary N) is 1. The van der Waals surface area contributed by atoms with Crippen molar-refractivity contribution in [3.05, 3.63) is 66.1 Å². The second-order valence-corrected chi connectivity index (χ2v) is 10.1. The largest absolute Gasteiger partial charge is 0.493 e. The number of nitrogens with two attached hydrogens (primary N) is 1. The molecule has 0 spiro atoms. The predicted molar refractivity (Wildman–Crippen MR) is 148 cm³/mol. The average molecular weight is 567 g/mol. The number of anilines is 2. The molecule has 11 nitrogen and oxygen atoms in total. The lowest BCUT2D eigenvalue weighted by Gasteiger charge is -2.31. The van der Waals surface area contributed by atoms with E-state index < -0.39 is 23.6 Å². The third kappa shape index (κ3) is 6.74. The fraction of sp³-hybridized carbons (Fsp3) is 0.393. The van der Waals surface area contributed by atoms with Gasteiger partial charge in [-0.25, -0.2) is 23.4 Å². The summed E-state index contributed by atoms with van der Waals surface area (Å²) in [6, 6.07) is 7.61. The lowest BCUT2D eigenvalue weighted by atomic mass is 9.94. The van der Waals surface area contributed by atoms with Gasteiger partial charge in [-0.1, -0.05) is 17.3 Å². The molecule has 1 amide bonds. The number of aliphatic hydroxyl groups is 1. The van der Waals surface area contributed by atoms with Crippen molar-refractivity contribution in [3.8, 4) is 5.75 Å². The summed E-state index contributed by atoms with van der Waals surface area (Å²) in [7, 11) is 0. The molecule has 1 aliphatic heterocycles. The minimum Gasteiger partial charge on any atom is -0.493 e. The van der Waals surface area contributed by atoms with Crippen molar-refractivity contribution in [1.82, 2.24) is 29.9 Å². The van der Waals surface area contributed by atoms with Gasteiger partial charge in [0.1, 0.15) is 17.9 Å². The Morgan fingerprint density at radius 3 is 2.80 bits per heavy atom. The third-order valence-corrected chi connectivity index (χ3v) is 7.31. The number of amides is 1. The van der Waals surface area contributed by atoms with E-state index in [1.807, 2.05) is 18.2 Å². The number of hydrogen-bond acceptors (Lipinski definition) is 9. The number of ether oxygens (including phenoxy) is 1. The summed E-state index contributed by atoms with van der Waals surface area (Å²) >= 11 is 0. The molecule has 1 aliphatic rings. The number of carbonyl (C=O) groups excluding carboxylic acids is 1. The fourth-order valence-corrected chi connectivity index (χ4v) is 5.13. The van der Waals surface area contributed by atoms with Crippen LogP contribution in [0.25, 0.3) is 10.9 Å². The SMILES string of the molecule is NC(=O)C(c1cccc(F)c1F)n1cc(Nc2ncnc3cc(OCCCN4CCC(CCO)CC4)ccc23)nn1. The zero-order valence-corrected chi connectivity index (χ0v) is 22.4. The van der Waals surface area contributed by atoms with E-state index in [9.17, 15) is 13.6 Å². The number of primary amides is 1. The van der Waals surface area contributed by atoms with Crippen LogP contribution in [0.4, 0.5) is 20.4 Å². The number of halogens is 2. The first-order chi connectivity index (χ1) is 19.9. The molecule has 1 fully saturated rings. The molecule has 0 bridgehead atoms. The van der Waals surface area contributed by atoms with Crippen molar-refractivity contribution >= 4 is 28.4 Å². The van der Waals surface area contributed by atoms with Crippen molar-refractivity contribution in [2.75, 3.05) is 38.2 Å². The highest BCUT2D eigenvalue weighted by Gasteiger charge is 2.26. The van der Waals surface area contributed by atoms with E-state index in [4.69, 9.17) is 15.6 Å². The van der Waals surface area contributed by atoms with Crippen molar-refractivity contribution in [1.29, 1.82) is 0 Å². The summed E-state index contributed by atoms with van der Waals surface area (Å²) in [4.78, 5) is 23.2. The van der Waals surface area contributed by atoms with E-state index in [2.05, 4.69) is 30.5 Å². The van der Waals surface area contributed by atoms with Crippen LogP contribution in [0, 0.1) is 17.6 Å². The number of rotatable bonds is 12. The number of aliphatic hydroxyl groups excluding tert-OH is 1. The number of benzene rings is 2. The van der Waals surface area contributed by atoms with Crippen LogP contribution in [0.3, 0.4) is 0 Å². The highest BCUT2D eigenvalue weighted by Crippen LogP contribution is 2.27. The number of carbonyl (C=O) groups is 1. The van der Waals surface area contributed by atoms with E-state index in [1.165, 1.54) is 24.7 Å². The van der Waals surface area contributed by atoms with Gasteiger partial charge in [-0.3, -0.25) is 4.79 Å². The van der Waals surface area contributed by atoms with Gasteiger partial charge in [0.15, 0.2) is 23.5 Å². The van der Waals surface area contributed by atoms with Crippen LogP contribution in [0.2, 0.25) is 0 Å². The number of fused-ring (bicyclic) bond motifs is 1. The van der Waals surface area contributed by atoms with Gasteiger partial charge in [-0.15, -0.1) is 5.10 Å². The van der Waals surface area contributed by atoms with E-state index in [1.54, 1.807) is 0 Å². The smallest absolute Gasteiger partial charge is 0.247 e. The van der Waals surface area contributed by atoms with Crippen LogP contribution in [0.15, 0.2) is 48.9 Å². The second kappa shape index (κ2) is 13.0. The van der Waals surface area contributed by atoms with Crippen LogP contribution in [-0.4, -0.2) is 73.7 Å².